The topological polar surface area (TPSA) is 47.7 Å². The van der Waals surface area contributed by atoms with E-state index in [1.54, 1.807) is 14.2 Å². The molecule has 2 rings (SSSR count). The van der Waals surface area contributed by atoms with Crippen LogP contribution >= 0.6 is 0 Å². The third-order valence-corrected chi connectivity index (χ3v) is 3.49. The maximum absolute atomic E-state index is 5.58. The summed E-state index contributed by atoms with van der Waals surface area (Å²) in [5, 5.41) is 0. The minimum absolute atomic E-state index is 0.722. The van der Waals surface area contributed by atoms with Gasteiger partial charge in [0.05, 0.1) is 14.2 Å². The molecule has 0 amide bonds. The summed E-state index contributed by atoms with van der Waals surface area (Å²) < 4.78 is 10.6. The second-order valence-corrected chi connectivity index (χ2v) is 4.64. The van der Waals surface area contributed by atoms with Crippen molar-refractivity contribution in [1.29, 1.82) is 0 Å². The van der Waals surface area contributed by atoms with Crippen LogP contribution in [0.5, 0.6) is 11.5 Å². The summed E-state index contributed by atoms with van der Waals surface area (Å²) in [6.07, 6.45) is 3.33. The highest BCUT2D eigenvalue weighted by molar-refractivity contribution is 5.69. The lowest BCUT2D eigenvalue weighted by molar-refractivity contribution is 0.310. The summed E-state index contributed by atoms with van der Waals surface area (Å²) >= 11 is 0. The van der Waals surface area contributed by atoms with Gasteiger partial charge in [-0.3, -0.25) is 4.90 Å². The minimum atomic E-state index is 0.722. The van der Waals surface area contributed by atoms with Crippen LogP contribution in [0.4, 0.5) is 0 Å². The molecule has 0 unspecified atom stereocenters. The largest absolute Gasteiger partial charge is 0.493 e. The van der Waals surface area contributed by atoms with Crippen molar-refractivity contribution in [3.8, 4) is 11.5 Å². The van der Waals surface area contributed by atoms with Gasteiger partial charge in [0.1, 0.15) is 0 Å². The van der Waals surface area contributed by atoms with E-state index in [0.29, 0.717) is 0 Å². The highest BCUT2D eigenvalue weighted by atomic mass is 16.5. The summed E-state index contributed by atoms with van der Waals surface area (Å²) in [4.78, 5) is 2.37. The number of ether oxygens (including phenoxy) is 2. The molecular weight excluding hydrogens is 240 g/mol. The van der Waals surface area contributed by atoms with Crippen molar-refractivity contribution in [3.63, 3.8) is 0 Å². The molecule has 0 saturated carbocycles. The number of nitrogens with two attached hydrogens (primary N) is 1. The van der Waals surface area contributed by atoms with E-state index in [-0.39, 0.29) is 0 Å². The monoisotopic (exact) mass is 262 g/mol. The van der Waals surface area contributed by atoms with E-state index in [1.807, 2.05) is 12.1 Å². The fourth-order valence-corrected chi connectivity index (χ4v) is 2.40. The molecule has 1 aromatic rings. The average Bonchev–Trinajstić information content (AvgIpc) is 2.47. The Labute approximate surface area is 114 Å². The van der Waals surface area contributed by atoms with E-state index in [4.69, 9.17) is 15.2 Å². The molecule has 1 aromatic carbocycles. The normalized spacial score (nSPS) is 16.1. The van der Waals surface area contributed by atoms with Crippen LogP contribution in [0.25, 0.3) is 5.57 Å². The first-order valence-electron chi connectivity index (χ1n) is 6.62. The molecule has 1 aliphatic rings. The van der Waals surface area contributed by atoms with Gasteiger partial charge in [-0.25, -0.2) is 0 Å². The Morgan fingerprint density at radius 3 is 2.58 bits per heavy atom. The van der Waals surface area contributed by atoms with E-state index in [2.05, 4.69) is 17.0 Å². The van der Waals surface area contributed by atoms with Crippen molar-refractivity contribution >= 4 is 5.57 Å². The number of methoxy groups -OCH3 is 2. The zero-order chi connectivity index (χ0) is 13.7. The maximum Gasteiger partial charge on any atom is 0.161 e. The second kappa shape index (κ2) is 6.59. The van der Waals surface area contributed by atoms with E-state index < -0.39 is 0 Å². The lowest BCUT2D eigenvalue weighted by atomic mass is 9.99. The van der Waals surface area contributed by atoms with Gasteiger partial charge in [0.2, 0.25) is 0 Å². The van der Waals surface area contributed by atoms with Gasteiger partial charge in [0.25, 0.3) is 0 Å². The van der Waals surface area contributed by atoms with Crippen molar-refractivity contribution in [3.05, 3.63) is 29.8 Å². The van der Waals surface area contributed by atoms with Crippen LogP contribution in [-0.4, -0.2) is 45.3 Å². The molecule has 2 N–H and O–H groups in total. The lowest BCUT2D eigenvalue weighted by Gasteiger charge is -2.26. The molecule has 4 nitrogen and oxygen atoms in total. The summed E-state index contributed by atoms with van der Waals surface area (Å²) in [5.41, 5.74) is 8.16. The Morgan fingerprint density at radius 1 is 1.21 bits per heavy atom. The summed E-state index contributed by atoms with van der Waals surface area (Å²) in [5.74, 6) is 1.55. The van der Waals surface area contributed by atoms with Crippen LogP contribution < -0.4 is 15.2 Å². The highest BCUT2D eigenvalue weighted by Gasteiger charge is 2.13. The third-order valence-electron chi connectivity index (χ3n) is 3.49. The Morgan fingerprint density at radius 2 is 2.00 bits per heavy atom. The van der Waals surface area contributed by atoms with Crippen molar-refractivity contribution in [2.45, 2.75) is 6.42 Å². The predicted molar refractivity (Wildman–Crippen MR) is 77.6 cm³/mol. The Balaban J connectivity index is 2.14. The molecule has 0 saturated heterocycles. The molecule has 104 valence electrons. The molecule has 0 atom stereocenters. The summed E-state index contributed by atoms with van der Waals surface area (Å²) in [6.45, 7) is 3.73. The van der Waals surface area contributed by atoms with E-state index >= 15 is 0 Å². The third kappa shape index (κ3) is 3.28. The van der Waals surface area contributed by atoms with E-state index in [9.17, 15) is 0 Å². The van der Waals surface area contributed by atoms with Crippen LogP contribution in [0.1, 0.15) is 12.0 Å². The first kappa shape index (κ1) is 13.9. The molecule has 0 fully saturated rings. The van der Waals surface area contributed by atoms with Crippen molar-refractivity contribution in [2.24, 2.45) is 5.73 Å². The van der Waals surface area contributed by atoms with Gasteiger partial charge >= 0.3 is 0 Å². The quantitative estimate of drug-likeness (QED) is 0.878. The maximum atomic E-state index is 5.58. The van der Waals surface area contributed by atoms with E-state index in [0.717, 1.165) is 44.1 Å². The molecule has 1 heterocycles. The van der Waals surface area contributed by atoms with Crippen molar-refractivity contribution in [1.82, 2.24) is 4.90 Å². The minimum Gasteiger partial charge on any atom is -0.493 e. The number of hydrogen-bond donors (Lipinski definition) is 1. The molecule has 1 aliphatic heterocycles. The number of benzene rings is 1. The molecular formula is C15H22N2O2. The van der Waals surface area contributed by atoms with Gasteiger partial charge in [0, 0.05) is 26.2 Å². The standard InChI is InChI=1S/C15H22N2O2/c1-18-14-4-3-13(11-15(14)19-2)12-5-8-17(9-6-12)10-7-16/h3-5,11H,6-10,16H2,1-2H3. The van der Waals surface area contributed by atoms with Crippen LogP contribution in [0.2, 0.25) is 0 Å². The van der Waals surface area contributed by atoms with Crippen molar-refractivity contribution in [2.75, 3.05) is 40.4 Å². The number of rotatable bonds is 5. The van der Waals surface area contributed by atoms with Gasteiger partial charge in [-0.2, -0.15) is 0 Å². The summed E-state index contributed by atoms with van der Waals surface area (Å²) in [6, 6.07) is 6.09. The Bertz CT molecular complexity index is 457. The van der Waals surface area contributed by atoms with Crippen molar-refractivity contribution < 1.29 is 9.47 Å². The van der Waals surface area contributed by atoms with E-state index in [1.165, 1.54) is 11.1 Å². The summed E-state index contributed by atoms with van der Waals surface area (Å²) in [7, 11) is 3.32. The zero-order valence-corrected chi connectivity index (χ0v) is 11.7. The van der Waals surface area contributed by atoms with Crippen LogP contribution in [-0.2, 0) is 0 Å². The van der Waals surface area contributed by atoms with Gasteiger partial charge in [-0.1, -0.05) is 12.1 Å². The van der Waals surface area contributed by atoms with Crippen LogP contribution in [0.15, 0.2) is 24.3 Å². The van der Waals surface area contributed by atoms with Gasteiger partial charge in [0.15, 0.2) is 11.5 Å². The smallest absolute Gasteiger partial charge is 0.161 e. The molecule has 0 spiro atoms. The number of hydrogen-bond acceptors (Lipinski definition) is 4. The van der Waals surface area contributed by atoms with Gasteiger partial charge in [-0.15, -0.1) is 0 Å². The lowest BCUT2D eigenvalue weighted by Crippen LogP contribution is -2.33. The first-order chi connectivity index (χ1) is 9.28. The molecule has 0 aliphatic carbocycles. The zero-order valence-electron chi connectivity index (χ0n) is 11.7. The van der Waals surface area contributed by atoms with Crippen LogP contribution in [0, 0.1) is 0 Å². The molecule has 19 heavy (non-hydrogen) atoms. The fourth-order valence-electron chi connectivity index (χ4n) is 2.40. The van der Waals surface area contributed by atoms with Gasteiger partial charge < -0.3 is 15.2 Å². The van der Waals surface area contributed by atoms with Gasteiger partial charge in [-0.05, 0) is 29.7 Å². The average molecular weight is 262 g/mol. The number of nitrogens with zero attached hydrogens (tertiary/aromatic N) is 1. The van der Waals surface area contributed by atoms with Crippen LogP contribution in [0.3, 0.4) is 0 Å². The molecule has 0 radical (unpaired) electrons. The Kier molecular flexibility index (Phi) is 4.82. The second-order valence-electron chi connectivity index (χ2n) is 4.64. The predicted octanol–water partition coefficient (Wildman–Crippen LogP) is 1.75. The Hall–Kier alpha value is -1.52. The fraction of sp³-hybridized carbons (Fsp3) is 0.467. The first-order valence-corrected chi connectivity index (χ1v) is 6.62. The highest BCUT2D eigenvalue weighted by Crippen LogP contribution is 2.32. The molecule has 4 heteroatoms. The molecule has 0 bridgehead atoms. The SMILES string of the molecule is COc1ccc(C2=CCN(CCN)CC2)cc1OC. The molecule has 0 aromatic heterocycles.